The summed E-state index contributed by atoms with van der Waals surface area (Å²) in [5.74, 6) is -1.09. The zero-order chi connectivity index (χ0) is 16.7. The second-order valence-corrected chi connectivity index (χ2v) is 6.68. The average Bonchev–Trinajstić information content (AvgIpc) is 2.66. The summed E-state index contributed by atoms with van der Waals surface area (Å²) in [4.78, 5) is 50.9. The van der Waals surface area contributed by atoms with Gasteiger partial charge in [-0.1, -0.05) is 20.8 Å². The molecule has 2 unspecified atom stereocenters. The number of rotatable bonds is 3. The minimum atomic E-state index is -0.681. The van der Waals surface area contributed by atoms with Crippen LogP contribution in [0.1, 0.15) is 40.2 Å². The molecule has 1 N–H and O–H groups in total. The molecule has 1 aromatic heterocycles. The van der Waals surface area contributed by atoms with Crippen LogP contribution in [0.2, 0.25) is 0 Å². The molecule has 1 aliphatic rings. The molecule has 7 heteroatoms. The molecule has 0 saturated heterocycles. The van der Waals surface area contributed by atoms with Crippen LogP contribution in [-0.4, -0.2) is 26.3 Å². The van der Waals surface area contributed by atoms with Crippen molar-refractivity contribution in [2.45, 2.75) is 40.2 Å². The van der Waals surface area contributed by atoms with Crippen molar-refractivity contribution >= 4 is 11.6 Å². The average molecular weight is 305 g/mol. The van der Waals surface area contributed by atoms with Crippen molar-refractivity contribution in [3.8, 4) is 0 Å². The van der Waals surface area contributed by atoms with Crippen molar-refractivity contribution < 1.29 is 9.59 Å². The number of aromatic amines is 1. The highest BCUT2D eigenvalue weighted by molar-refractivity contribution is 6.22. The molecule has 0 aromatic carbocycles. The largest absolute Gasteiger partial charge is 0.362 e. The molecule has 1 aromatic rings. The Morgan fingerprint density at radius 3 is 2.45 bits per heavy atom. The smallest absolute Gasteiger partial charge is 0.294 e. The highest BCUT2D eigenvalue weighted by Crippen LogP contribution is 2.36. The third kappa shape index (κ3) is 2.98. The van der Waals surface area contributed by atoms with Crippen LogP contribution < -0.4 is 11.2 Å². The van der Waals surface area contributed by atoms with Crippen LogP contribution in [0.4, 0.5) is 0 Å². The standard InChI is InChI=1S/C15H19N3O4/c1-8(18-14(22)16-7-11(20)17-18)5-9-6-10(19)12(13(9)21)15(2,3)4/h6-8,12H,5H2,1-4H3,(H,17,20). The maximum absolute atomic E-state index is 12.4. The van der Waals surface area contributed by atoms with Crippen molar-refractivity contribution in [1.29, 1.82) is 0 Å². The molecule has 7 nitrogen and oxygen atoms in total. The summed E-state index contributed by atoms with van der Waals surface area (Å²) in [6.07, 6.45) is 2.46. The highest BCUT2D eigenvalue weighted by Gasteiger charge is 2.42. The van der Waals surface area contributed by atoms with Gasteiger partial charge in [0.05, 0.1) is 18.2 Å². The normalized spacial score (nSPS) is 20.2. The second-order valence-electron chi connectivity index (χ2n) is 6.68. The molecule has 2 rings (SSSR count). The summed E-state index contributed by atoms with van der Waals surface area (Å²) in [6, 6.07) is -0.476. The highest BCUT2D eigenvalue weighted by atomic mass is 16.2. The number of carbonyl (C=O) groups excluding carboxylic acids is 2. The number of hydrogen-bond donors (Lipinski definition) is 1. The van der Waals surface area contributed by atoms with Crippen molar-refractivity contribution in [3.05, 3.63) is 38.7 Å². The van der Waals surface area contributed by atoms with Gasteiger partial charge in [-0.2, -0.15) is 4.98 Å². The predicted octanol–water partition coefficient (Wildman–Crippen LogP) is 0.623. The fraction of sp³-hybridized carbons (Fsp3) is 0.533. The SMILES string of the molecule is CC(CC1=CC(=O)C(C(C)(C)C)C1=O)n1[nH]c(=O)cnc1=O. The first-order valence-corrected chi connectivity index (χ1v) is 7.07. The van der Waals surface area contributed by atoms with E-state index >= 15 is 0 Å². The van der Waals surface area contributed by atoms with Gasteiger partial charge in [-0.15, -0.1) is 0 Å². The van der Waals surface area contributed by atoms with Crippen LogP contribution in [0.5, 0.6) is 0 Å². The topological polar surface area (TPSA) is 102 Å². The van der Waals surface area contributed by atoms with E-state index in [1.165, 1.54) is 6.08 Å². The molecule has 1 heterocycles. The van der Waals surface area contributed by atoms with E-state index in [2.05, 4.69) is 10.1 Å². The molecular formula is C15H19N3O4. The Bertz CT molecular complexity index is 764. The lowest BCUT2D eigenvalue weighted by molar-refractivity contribution is -0.130. The Labute approximate surface area is 127 Å². The monoisotopic (exact) mass is 305 g/mol. The van der Waals surface area contributed by atoms with Crippen molar-refractivity contribution in [3.63, 3.8) is 0 Å². The number of hydrogen-bond acceptors (Lipinski definition) is 5. The zero-order valence-corrected chi connectivity index (χ0v) is 13.0. The molecule has 0 radical (unpaired) electrons. The van der Waals surface area contributed by atoms with E-state index in [0.717, 1.165) is 10.9 Å². The quantitative estimate of drug-likeness (QED) is 0.825. The van der Waals surface area contributed by atoms with Crippen LogP contribution in [0, 0.1) is 11.3 Å². The van der Waals surface area contributed by atoms with Gasteiger partial charge in [0.1, 0.15) is 0 Å². The first kappa shape index (κ1) is 16.1. The molecule has 0 amide bonds. The Hall–Kier alpha value is -2.31. The molecule has 0 bridgehead atoms. The second kappa shape index (κ2) is 5.47. The number of Topliss-reactive ketones (excluding diaryl/α,β-unsaturated/α-hetero) is 1. The molecule has 22 heavy (non-hydrogen) atoms. The fourth-order valence-corrected chi connectivity index (χ4v) is 2.70. The first-order valence-electron chi connectivity index (χ1n) is 7.07. The van der Waals surface area contributed by atoms with Gasteiger partial charge in [-0.25, -0.2) is 9.48 Å². The molecule has 0 aliphatic heterocycles. The molecule has 0 saturated carbocycles. The lowest BCUT2D eigenvalue weighted by Crippen LogP contribution is -2.34. The van der Waals surface area contributed by atoms with Crippen LogP contribution in [-0.2, 0) is 9.59 Å². The van der Waals surface area contributed by atoms with Crippen molar-refractivity contribution in [2.75, 3.05) is 0 Å². The summed E-state index contributed by atoms with van der Waals surface area (Å²) in [5.41, 5.74) is -1.16. The van der Waals surface area contributed by atoms with Gasteiger partial charge < -0.3 is 0 Å². The number of ketones is 2. The number of H-pyrrole nitrogens is 1. The van der Waals surface area contributed by atoms with Gasteiger partial charge in [0, 0.05) is 5.57 Å². The molecule has 1 aliphatic carbocycles. The number of allylic oxidation sites excluding steroid dienone is 2. The minimum Gasteiger partial charge on any atom is -0.294 e. The van der Waals surface area contributed by atoms with E-state index < -0.39 is 28.6 Å². The van der Waals surface area contributed by atoms with E-state index in [0.29, 0.717) is 5.57 Å². The van der Waals surface area contributed by atoms with Crippen molar-refractivity contribution in [1.82, 2.24) is 14.8 Å². The maximum atomic E-state index is 12.4. The zero-order valence-electron chi connectivity index (χ0n) is 13.0. The van der Waals surface area contributed by atoms with Gasteiger partial charge in [-0.05, 0) is 24.8 Å². The number of aromatic nitrogens is 3. The van der Waals surface area contributed by atoms with Crippen LogP contribution in [0.25, 0.3) is 0 Å². The lowest BCUT2D eigenvalue weighted by Gasteiger charge is -2.24. The van der Waals surface area contributed by atoms with Gasteiger partial charge in [0.15, 0.2) is 11.6 Å². The summed E-state index contributed by atoms with van der Waals surface area (Å²) in [6.45, 7) is 7.21. The molecule has 118 valence electrons. The summed E-state index contributed by atoms with van der Waals surface area (Å²) < 4.78 is 1.07. The molecule has 0 fully saturated rings. The minimum absolute atomic E-state index is 0.193. The van der Waals surface area contributed by atoms with Gasteiger partial charge in [0.2, 0.25) is 0 Å². The molecular weight excluding hydrogens is 286 g/mol. The first-order chi connectivity index (χ1) is 10.1. The van der Waals surface area contributed by atoms with E-state index in [1.54, 1.807) is 6.92 Å². The Balaban J connectivity index is 2.25. The Morgan fingerprint density at radius 1 is 1.27 bits per heavy atom. The predicted molar refractivity (Wildman–Crippen MR) is 79.5 cm³/mol. The van der Waals surface area contributed by atoms with E-state index in [4.69, 9.17) is 0 Å². The lowest BCUT2D eigenvalue weighted by atomic mass is 9.77. The van der Waals surface area contributed by atoms with E-state index in [1.807, 2.05) is 20.8 Å². The van der Waals surface area contributed by atoms with Gasteiger partial charge >= 0.3 is 5.69 Å². The van der Waals surface area contributed by atoms with Crippen LogP contribution in [0.3, 0.4) is 0 Å². The number of nitrogens with zero attached hydrogens (tertiary/aromatic N) is 2. The fourth-order valence-electron chi connectivity index (χ4n) is 2.70. The third-order valence-electron chi connectivity index (χ3n) is 3.73. The van der Waals surface area contributed by atoms with E-state index in [-0.39, 0.29) is 18.0 Å². The maximum Gasteiger partial charge on any atom is 0.362 e. The molecule has 2 atom stereocenters. The van der Waals surface area contributed by atoms with Crippen molar-refractivity contribution in [2.24, 2.45) is 11.3 Å². The Kier molecular flexibility index (Phi) is 4.00. The number of nitrogens with one attached hydrogen (secondary N) is 1. The molecule has 0 spiro atoms. The van der Waals surface area contributed by atoms with Gasteiger partial charge in [0.25, 0.3) is 5.56 Å². The number of carbonyl (C=O) groups is 2. The van der Waals surface area contributed by atoms with Crippen LogP contribution in [0.15, 0.2) is 27.4 Å². The van der Waals surface area contributed by atoms with Crippen LogP contribution >= 0.6 is 0 Å². The van der Waals surface area contributed by atoms with E-state index in [9.17, 15) is 19.2 Å². The summed E-state index contributed by atoms with van der Waals surface area (Å²) in [5, 5.41) is 2.38. The summed E-state index contributed by atoms with van der Waals surface area (Å²) in [7, 11) is 0. The summed E-state index contributed by atoms with van der Waals surface area (Å²) >= 11 is 0. The third-order valence-corrected chi connectivity index (χ3v) is 3.73. The van der Waals surface area contributed by atoms with Gasteiger partial charge in [-0.3, -0.25) is 19.5 Å². The Morgan fingerprint density at radius 2 is 1.91 bits per heavy atom.